The van der Waals surface area contributed by atoms with Crippen LogP contribution in [0.5, 0.6) is 0 Å². The molecule has 0 N–H and O–H groups in total. The lowest BCUT2D eigenvalue weighted by molar-refractivity contribution is 0.0390. The second kappa shape index (κ2) is 8.95. The Morgan fingerprint density at radius 1 is 0.935 bits per heavy atom. The van der Waals surface area contributed by atoms with Crippen molar-refractivity contribution in [3.05, 3.63) is 70.3 Å². The summed E-state index contributed by atoms with van der Waals surface area (Å²) in [5.74, 6) is -1.42. The van der Waals surface area contributed by atoms with E-state index in [-0.39, 0.29) is 29.8 Å². The minimum absolute atomic E-state index is 0.00420. The Balaban J connectivity index is 2.29. The predicted molar refractivity (Wildman–Crippen MR) is 115 cm³/mol. The molecule has 31 heavy (non-hydrogen) atoms. The Labute approximate surface area is 182 Å². The first-order valence-electron chi connectivity index (χ1n) is 9.87. The number of benzene rings is 2. The van der Waals surface area contributed by atoms with Crippen molar-refractivity contribution < 1.29 is 32.7 Å². The van der Waals surface area contributed by atoms with E-state index in [1.54, 1.807) is 43.3 Å². The molecule has 1 heterocycles. The van der Waals surface area contributed by atoms with E-state index in [2.05, 4.69) is 0 Å². The van der Waals surface area contributed by atoms with Crippen LogP contribution in [0.1, 0.15) is 56.9 Å². The van der Waals surface area contributed by atoms with Crippen LogP contribution in [0.2, 0.25) is 0 Å². The number of rotatable bonds is 5. The molecule has 1 atom stereocenters. The second-order valence-electron chi connectivity index (χ2n) is 8.27. The molecular formula is C23H27O7P. The fraction of sp³-hybridized carbons (Fsp3) is 0.391. The van der Waals surface area contributed by atoms with Crippen LogP contribution in [0.3, 0.4) is 0 Å². The van der Waals surface area contributed by atoms with E-state index >= 15 is 0 Å². The van der Waals surface area contributed by atoms with Gasteiger partial charge >= 0.3 is 19.5 Å². The van der Waals surface area contributed by atoms with Crippen LogP contribution >= 0.6 is 7.60 Å². The minimum Gasteiger partial charge on any atom is -0.465 e. The molecule has 166 valence electrons. The van der Waals surface area contributed by atoms with Gasteiger partial charge in [0, 0.05) is 5.41 Å². The molecule has 0 unspecified atom stereocenters. The molecule has 0 aliphatic carbocycles. The third kappa shape index (κ3) is 4.59. The van der Waals surface area contributed by atoms with Crippen LogP contribution < -0.4 is 0 Å². The van der Waals surface area contributed by atoms with Gasteiger partial charge in [0.2, 0.25) is 0 Å². The van der Waals surface area contributed by atoms with Crippen LogP contribution in [-0.4, -0.2) is 39.4 Å². The monoisotopic (exact) mass is 446 g/mol. The average molecular weight is 446 g/mol. The molecule has 0 amide bonds. The number of hydrogen-bond donors (Lipinski definition) is 0. The molecule has 0 aromatic heterocycles. The fourth-order valence-corrected chi connectivity index (χ4v) is 6.09. The SMILES string of the molecule is COC(=O)c1c(C)ccc([C@@H](c2ccccc2)P2(=O)OCC(C)(C)CO2)c1C(=O)OC. The van der Waals surface area contributed by atoms with E-state index in [9.17, 15) is 14.2 Å². The number of ether oxygens (including phenoxy) is 2. The summed E-state index contributed by atoms with van der Waals surface area (Å²) in [7, 11) is -1.29. The van der Waals surface area contributed by atoms with Crippen molar-refractivity contribution in [1.82, 2.24) is 0 Å². The van der Waals surface area contributed by atoms with E-state index in [1.807, 2.05) is 19.9 Å². The van der Waals surface area contributed by atoms with Crippen LogP contribution in [-0.2, 0) is 23.1 Å². The standard InChI is InChI=1S/C23H27O7P/c1-15-11-12-17(19(22(25)28-5)18(15)21(24)27-4)20(16-9-7-6-8-10-16)31(26)29-13-23(2,3)14-30-31/h6-12,20H,13-14H2,1-5H3/t20-/m1/s1. The Kier molecular flexibility index (Phi) is 6.70. The van der Waals surface area contributed by atoms with Gasteiger partial charge in [0.1, 0.15) is 5.66 Å². The predicted octanol–water partition coefficient (Wildman–Crippen LogP) is 4.92. The Bertz CT molecular complexity index is 1020. The lowest BCUT2D eigenvalue weighted by Gasteiger charge is -2.38. The maximum atomic E-state index is 14.0. The Morgan fingerprint density at radius 3 is 2.03 bits per heavy atom. The van der Waals surface area contributed by atoms with E-state index in [0.717, 1.165) is 0 Å². The van der Waals surface area contributed by atoms with Crippen molar-refractivity contribution >= 4 is 19.5 Å². The van der Waals surface area contributed by atoms with Gasteiger partial charge in [-0.05, 0) is 23.6 Å². The first-order valence-corrected chi connectivity index (χ1v) is 11.5. The summed E-state index contributed by atoms with van der Waals surface area (Å²) in [5, 5.41) is 0. The highest BCUT2D eigenvalue weighted by Gasteiger charge is 2.46. The molecule has 2 aromatic rings. The smallest absolute Gasteiger partial charge is 0.342 e. The van der Waals surface area contributed by atoms with Crippen LogP contribution in [0.25, 0.3) is 0 Å². The van der Waals surface area contributed by atoms with Gasteiger partial charge in [-0.15, -0.1) is 0 Å². The first-order chi connectivity index (χ1) is 14.6. The van der Waals surface area contributed by atoms with Crippen molar-refractivity contribution in [2.75, 3.05) is 27.4 Å². The summed E-state index contributed by atoms with van der Waals surface area (Å²) in [6.45, 7) is 6.07. The quantitative estimate of drug-likeness (QED) is 0.476. The van der Waals surface area contributed by atoms with E-state index < -0.39 is 25.2 Å². The zero-order valence-corrected chi connectivity index (χ0v) is 19.2. The highest BCUT2D eigenvalue weighted by molar-refractivity contribution is 7.54. The summed E-state index contributed by atoms with van der Waals surface area (Å²) < 4.78 is 35.6. The highest BCUT2D eigenvalue weighted by Crippen LogP contribution is 2.66. The number of aryl methyl sites for hydroxylation is 1. The lowest BCUT2D eigenvalue weighted by Crippen LogP contribution is -2.31. The summed E-state index contributed by atoms with van der Waals surface area (Å²) in [6, 6.07) is 12.4. The zero-order valence-electron chi connectivity index (χ0n) is 18.3. The Morgan fingerprint density at radius 2 is 1.48 bits per heavy atom. The van der Waals surface area contributed by atoms with Crippen LogP contribution in [0.4, 0.5) is 0 Å². The van der Waals surface area contributed by atoms with Gasteiger partial charge in [-0.25, -0.2) is 9.59 Å². The minimum atomic E-state index is -3.76. The van der Waals surface area contributed by atoms with Crippen LogP contribution in [0, 0.1) is 12.3 Å². The van der Waals surface area contributed by atoms with Crippen molar-refractivity contribution in [3.8, 4) is 0 Å². The normalized spacial score (nSPS) is 18.1. The van der Waals surface area contributed by atoms with Gasteiger partial charge in [-0.1, -0.05) is 56.3 Å². The largest absolute Gasteiger partial charge is 0.465 e. The number of hydrogen-bond acceptors (Lipinski definition) is 7. The zero-order chi connectivity index (χ0) is 22.8. The van der Waals surface area contributed by atoms with E-state index in [1.165, 1.54) is 14.2 Å². The summed E-state index contributed by atoms with van der Waals surface area (Å²) in [5.41, 5.74) is 0.329. The number of carbonyl (C=O) groups excluding carboxylic acids is 2. The molecule has 1 aliphatic rings. The molecule has 7 nitrogen and oxygen atoms in total. The number of methoxy groups -OCH3 is 2. The van der Waals surface area contributed by atoms with Gasteiger partial charge < -0.3 is 18.5 Å². The van der Waals surface area contributed by atoms with Crippen molar-refractivity contribution in [3.63, 3.8) is 0 Å². The maximum Gasteiger partial charge on any atom is 0.342 e. The molecule has 1 fully saturated rings. The van der Waals surface area contributed by atoms with Crippen molar-refractivity contribution in [2.24, 2.45) is 5.41 Å². The number of carbonyl (C=O) groups is 2. The topological polar surface area (TPSA) is 88.1 Å². The third-order valence-corrected chi connectivity index (χ3v) is 7.41. The number of esters is 2. The van der Waals surface area contributed by atoms with Gasteiger partial charge in [0.05, 0.1) is 38.6 Å². The molecule has 2 aromatic carbocycles. The van der Waals surface area contributed by atoms with Gasteiger partial charge in [0.25, 0.3) is 0 Å². The van der Waals surface area contributed by atoms with Crippen molar-refractivity contribution in [2.45, 2.75) is 26.4 Å². The van der Waals surface area contributed by atoms with Crippen molar-refractivity contribution in [1.29, 1.82) is 0 Å². The first kappa shape index (κ1) is 23.2. The van der Waals surface area contributed by atoms with Gasteiger partial charge in [-0.3, -0.25) is 4.57 Å². The summed E-state index contributed by atoms with van der Waals surface area (Å²) in [6.07, 6.45) is 0. The second-order valence-corrected chi connectivity index (χ2v) is 10.4. The summed E-state index contributed by atoms with van der Waals surface area (Å²) >= 11 is 0. The maximum absolute atomic E-state index is 14.0. The Hall–Kier alpha value is -2.47. The molecule has 0 spiro atoms. The molecule has 0 radical (unpaired) electrons. The average Bonchev–Trinajstić information content (AvgIpc) is 2.76. The van der Waals surface area contributed by atoms with Crippen LogP contribution in [0.15, 0.2) is 42.5 Å². The highest BCUT2D eigenvalue weighted by atomic mass is 31.2. The molecule has 8 heteroatoms. The van der Waals surface area contributed by atoms with E-state index in [0.29, 0.717) is 16.7 Å². The van der Waals surface area contributed by atoms with E-state index in [4.69, 9.17) is 18.5 Å². The molecule has 1 aliphatic heterocycles. The molecular weight excluding hydrogens is 419 g/mol. The molecule has 0 saturated carbocycles. The third-order valence-electron chi connectivity index (χ3n) is 5.22. The van der Waals surface area contributed by atoms with Gasteiger partial charge in [-0.2, -0.15) is 0 Å². The molecule has 3 rings (SSSR count). The van der Waals surface area contributed by atoms with Gasteiger partial charge in [0.15, 0.2) is 0 Å². The summed E-state index contributed by atoms with van der Waals surface area (Å²) in [4.78, 5) is 25.4. The molecule has 1 saturated heterocycles. The molecule has 0 bridgehead atoms. The lowest BCUT2D eigenvalue weighted by atomic mass is 9.92. The fourth-order valence-electron chi connectivity index (χ4n) is 3.56.